The van der Waals surface area contributed by atoms with Gasteiger partial charge in [0.15, 0.2) is 0 Å². The van der Waals surface area contributed by atoms with Gasteiger partial charge < -0.3 is 10.2 Å². The molecule has 0 radical (unpaired) electrons. The SMILES string of the molecule is C[C@@H](c1ccccc1)N(C)C(=O)c1ccc2c(c1)CCN2. The minimum atomic E-state index is 0.0603. The normalized spacial score (nSPS) is 14.2. The molecule has 1 aliphatic heterocycles. The summed E-state index contributed by atoms with van der Waals surface area (Å²) in [4.78, 5) is 14.5. The van der Waals surface area contributed by atoms with E-state index in [2.05, 4.69) is 24.4 Å². The minimum absolute atomic E-state index is 0.0603. The second-order valence-electron chi connectivity index (χ2n) is 5.55. The maximum Gasteiger partial charge on any atom is 0.254 e. The van der Waals surface area contributed by atoms with Crippen LogP contribution >= 0.6 is 0 Å². The fourth-order valence-corrected chi connectivity index (χ4v) is 2.77. The molecule has 1 amide bonds. The number of carbonyl (C=O) groups excluding carboxylic acids is 1. The molecule has 21 heavy (non-hydrogen) atoms. The Balaban J connectivity index is 1.81. The van der Waals surface area contributed by atoms with E-state index in [0.29, 0.717) is 0 Å². The van der Waals surface area contributed by atoms with Crippen LogP contribution in [-0.2, 0) is 6.42 Å². The predicted octanol–water partition coefficient (Wildman–Crippen LogP) is 3.49. The van der Waals surface area contributed by atoms with Crippen molar-refractivity contribution >= 4 is 11.6 Å². The van der Waals surface area contributed by atoms with E-state index in [4.69, 9.17) is 0 Å². The van der Waals surface area contributed by atoms with Gasteiger partial charge in [-0.2, -0.15) is 0 Å². The lowest BCUT2D eigenvalue weighted by atomic mass is 10.0. The summed E-state index contributed by atoms with van der Waals surface area (Å²) >= 11 is 0. The Bertz CT molecular complexity index is 652. The Morgan fingerprint density at radius 1 is 1.19 bits per heavy atom. The summed E-state index contributed by atoms with van der Waals surface area (Å²) in [6, 6.07) is 16.1. The first kappa shape index (κ1) is 13.7. The maximum absolute atomic E-state index is 12.7. The average Bonchev–Trinajstić information content (AvgIpc) is 3.01. The fraction of sp³-hybridized carbons (Fsp3) is 0.278. The molecule has 3 rings (SSSR count). The Labute approximate surface area is 125 Å². The highest BCUT2D eigenvalue weighted by Gasteiger charge is 2.20. The molecule has 1 aliphatic rings. The Morgan fingerprint density at radius 3 is 2.71 bits per heavy atom. The number of fused-ring (bicyclic) bond motifs is 1. The second-order valence-corrected chi connectivity index (χ2v) is 5.55. The molecule has 0 saturated carbocycles. The van der Waals surface area contributed by atoms with Gasteiger partial charge in [-0.3, -0.25) is 4.79 Å². The van der Waals surface area contributed by atoms with Crippen LogP contribution in [0.1, 0.15) is 34.5 Å². The number of hydrogen-bond donors (Lipinski definition) is 1. The van der Waals surface area contributed by atoms with E-state index in [0.717, 1.165) is 29.8 Å². The average molecular weight is 280 g/mol. The monoisotopic (exact) mass is 280 g/mol. The van der Waals surface area contributed by atoms with Crippen molar-refractivity contribution < 1.29 is 4.79 Å². The zero-order valence-corrected chi connectivity index (χ0v) is 12.5. The van der Waals surface area contributed by atoms with Crippen molar-refractivity contribution in [2.45, 2.75) is 19.4 Å². The Hall–Kier alpha value is -2.29. The van der Waals surface area contributed by atoms with Crippen LogP contribution in [0.3, 0.4) is 0 Å². The molecule has 0 bridgehead atoms. The molecule has 3 heteroatoms. The van der Waals surface area contributed by atoms with E-state index >= 15 is 0 Å². The zero-order chi connectivity index (χ0) is 14.8. The number of hydrogen-bond acceptors (Lipinski definition) is 2. The number of nitrogens with zero attached hydrogens (tertiary/aromatic N) is 1. The van der Waals surface area contributed by atoms with E-state index in [9.17, 15) is 4.79 Å². The zero-order valence-electron chi connectivity index (χ0n) is 12.5. The minimum Gasteiger partial charge on any atom is -0.384 e. The molecule has 0 fully saturated rings. The van der Waals surface area contributed by atoms with Gasteiger partial charge >= 0.3 is 0 Å². The summed E-state index contributed by atoms with van der Waals surface area (Å²) in [5, 5.41) is 3.32. The highest BCUT2D eigenvalue weighted by molar-refractivity contribution is 5.95. The lowest BCUT2D eigenvalue weighted by molar-refractivity contribution is 0.0742. The van der Waals surface area contributed by atoms with E-state index < -0.39 is 0 Å². The van der Waals surface area contributed by atoms with Crippen molar-refractivity contribution in [3.63, 3.8) is 0 Å². The predicted molar refractivity (Wildman–Crippen MR) is 85.6 cm³/mol. The summed E-state index contributed by atoms with van der Waals surface area (Å²) in [7, 11) is 1.87. The highest BCUT2D eigenvalue weighted by atomic mass is 16.2. The molecule has 0 saturated heterocycles. The summed E-state index contributed by atoms with van der Waals surface area (Å²) < 4.78 is 0. The van der Waals surface area contributed by atoms with Gasteiger partial charge in [0.2, 0.25) is 0 Å². The molecule has 0 unspecified atom stereocenters. The number of amides is 1. The summed E-state index contributed by atoms with van der Waals surface area (Å²) in [6.07, 6.45) is 0.994. The van der Waals surface area contributed by atoms with Crippen LogP contribution in [0.4, 0.5) is 5.69 Å². The third-order valence-corrected chi connectivity index (χ3v) is 4.25. The molecule has 0 spiro atoms. The molecule has 108 valence electrons. The van der Waals surface area contributed by atoms with Crippen molar-refractivity contribution in [3.8, 4) is 0 Å². The first-order chi connectivity index (χ1) is 10.2. The molecular formula is C18H20N2O. The van der Waals surface area contributed by atoms with Gasteiger partial charge in [-0.15, -0.1) is 0 Å². The molecule has 2 aromatic carbocycles. The smallest absolute Gasteiger partial charge is 0.254 e. The molecule has 1 heterocycles. The van der Waals surface area contributed by atoms with Crippen LogP contribution < -0.4 is 5.32 Å². The lowest BCUT2D eigenvalue weighted by Crippen LogP contribution is -2.29. The van der Waals surface area contributed by atoms with Crippen molar-refractivity contribution in [2.75, 3.05) is 18.9 Å². The number of rotatable bonds is 3. The van der Waals surface area contributed by atoms with Gasteiger partial charge in [-0.05, 0) is 42.7 Å². The van der Waals surface area contributed by atoms with Crippen LogP contribution in [0.15, 0.2) is 48.5 Å². The molecule has 2 aromatic rings. The van der Waals surface area contributed by atoms with E-state index in [1.807, 2.05) is 43.4 Å². The van der Waals surface area contributed by atoms with Crippen molar-refractivity contribution in [3.05, 3.63) is 65.2 Å². The summed E-state index contributed by atoms with van der Waals surface area (Å²) in [6.45, 7) is 3.02. The molecule has 0 aromatic heterocycles. The lowest BCUT2D eigenvalue weighted by Gasteiger charge is -2.25. The van der Waals surface area contributed by atoms with Gasteiger partial charge in [-0.1, -0.05) is 30.3 Å². The van der Waals surface area contributed by atoms with Crippen molar-refractivity contribution in [1.82, 2.24) is 4.90 Å². The Kier molecular flexibility index (Phi) is 3.65. The largest absolute Gasteiger partial charge is 0.384 e. The number of benzene rings is 2. The second kappa shape index (κ2) is 5.60. The number of anilines is 1. The van der Waals surface area contributed by atoms with Gasteiger partial charge in [0.25, 0.3) is 5.91 Å². The van der Waals surface area contributed by atoms with Gasteiger partial charge in [0.1, 0.15) is 0 Å². The first-order valence-corrected chi connectivity index (χ1v) is 7.35. The standard InChI is InChI=1S/C18H20N2O/c1-13(14-6-4-3-5-7-14)20(2)18(21)16-8-9-17-15(12-16)10-11-19-17/h3-9,12-13,19H,10-11H2,1-2H3/t13-/m0/s1. The molecule has 1 N–H and O–H groups in total. The summed E-state index contributed by atoms with van der Waals surface area (Å²) in [5.41, 5.74) is 4.31. The topological polar surface area (TPSA) is 32.3 Å². The van der Waals surface area contributed by atoms with Crippen LogP contribution in [0.2, 0.25) is 0 Å². The quantitative estimate of drug-likeness (QED) is 0.933. The van der Waals surface area contributed by atoms with Crippen molar-refractivity contribution in [2.24, 2.45) is 0 Å². The van der Waals surface area contributed by atoms with Crippen LogP contribution in [0, 0.1) is 0 Å². The van der Waals surface area contributed by atoms with Crippen LogP contribution in [0.5, 0.6) is 0 Å². The van der Waals surface area contributed by atoms with E-state index in [-0.39, 0.29) is 11.9 Å². The molecule has 3 nitrogen and oxygen atoms in total. The number of carbonyl (C=O) groups is 1. The van der Waals surface area contributed by atoms with Crippen LogP contribution in [-0.4, -0.2) is 24.4 Å². The molecule has 1 atom stereocenters. The molecule has 0 aliphatic carbocycles. The van der Waals surface area contributed by atoms with Crippen LogP contribution in [0.25, 0.3) is 0 Å². The highest BCUT2D eigenvalue weighted by Crippen LogP contribution is 2.25. The van der Waals surface area contributed by atoms with E-state index in [1.54, 1.807) is 4.90 Å². The third kappa shape index (κ3) is 2.64. The number of nitrogens with one attached hydrogen (secondary N) is 1. The van der Waals surface area contributed by atoms with Gasteiger partial charge in [0, 0.05) is 24.8 Å². The maximum atomic E-state index is 12.7. The summed E-state index contributed by atoms with van der Waals surface area (Å²) in [5.74, 6) is 0.0704. The first-order valence-electron chi connectivity index (χ1n) is 7.35. The third-order valence-electron chi connectivity index (χ3n) is 4.25. The van der Waals surface area contributed by atoms with Crippen molar-refractivity contribution in [1.29, 1.82) is 0 Å². The molecular weight excluding hydrogens is 260 g/mol. The van der Waals surface area contributed by atoms with Gasteiger partial charge in [0.05, 0.1) is 6.04 Å². The fourth-order valence-electron chi connectivity index (χ4n) is 2.77. The Morgan fingerprint density at radius 2 is 1.95 bits per heavy atom. The van der Waals surface area contributed by atoms with E-state index in [1.165, 1.54) is 5.56 Å². The van der Waals surface area contributed by atoms with Gasteiger partial charge in [-0.25, -0.2) is 0 Å².